The first-order valence-corrected chi connectivity index (χ1v) is 9.84. The monoisotopic (exact) mass is 444 g/mol. The smallest absolute Gasteiger partial charge is 0.339 e. The number of phenolic OH excluding ortho intramolecular Hbond substituents is 1. The van der Waals surface area contributed by atoms with Crippen LogP contribution >= 0.6 is 0 Å². The molecular formula is C22H24N2O8. The largest absolute Gasteiger partial charge is 0.510 e. The summed E-state index contributed by atoms with van der Waals surface area (Å²) >= 11 is 0. The zero-order valence-electron chi connectivity index (χ0n) is 17.7. The molecule has 2 aliphatic carbocycles. The number of carboxylic acids is 1. The van der Waals surface area contributed by atoms with E-state index in [9.17, 15) is 39.6 Å². The highest BCUT2D eigenvalue weighted by molar-refractivity contribution is 6.27. The highest BCUT2D eigenvalue weighted by atomic mass is 16.4. The number of aromatic hydroxyl groups is 1. The van der Waals surface area contributed by atoms with Crippen molar-refractivity contribution < 1.29 is 39.6 Å². The number of hydrogen-bond donors (Lipinski definition) is 5. The Morgan fingerprint density at radius 2 is 1.78 bits per heavy atom. The van der Waals surface area contributed by atoms with Gasteiger partial charge in [-0.1, -0.05) is 19.1 Å². The van der Waals surface area contributed by atoms with Gasteiger partial charge in [-0.25, -0.2) is 4.79 Å². The molecule has 0 heterocycles. The predicted molar refractivity (Wildman–Crippen MR) is 111 cm³/mol. The number of nitrogens with two attached hydrogens (primary N) is 1. The summed E-state index contributed by atoms with van der Waals surface area (Å²) in [6.07, 6.45) is -2.04. The molecule has 3 rings (SSSR count). The van der Waals surface area contributed by atoms with Crippen molar-refractivity contribution in [3.8, 4) is 5.75 Å². The fourth-order valence-electron chi connectivity index (χ4n) is 4.76. The first kappa shape index (κ1) is 23.2. The van der Waals surface area contributed by atoms with Crippen molar-refractivity contribution in [1.29, 1.82) is 0 Å². The highest BCUT2D eigenvalue weighted by Gasteiger charge is 2.47. The van der Waals surface area contributed by atoms with Gasteiger partial charge in [-0.3, -0.25) is 19.3 Å². The minimum absolute atomic E-state index is 0.138. The average Bonchev–Trinajstić information content (AvgIpc) is 2.68. The number of ketones is 2. The normalized spacial score (nSPS) is 24.6. The second kappa shape index (κ2) is 8.21. The number of primary amides is 1. The first-order valence-electron chi connectivity index (χ1n) is 9.84. The van der Waals surface area contributed by atoms with Crippen molar-refractivity contribution in [2.75, 3.05) is 14.1 Å². The molecule has 32 heavy (non-hydrogen) atoms. The van der Waals surface area contributed by atoms with Crippen LogP contribution in [-0.2, 0) is 14.4 Å². The Kier molecular flexibility index (Phi) is 5.94. The molecule has 1 amide bonds. The number of aliphatic hydroxyl groups is 2. The minimum atomic E-state index is -1.64. The molecular weight excluding hydrogens is 420 g/mol. The van der Waals surface area contributed by atoms with Gasteiger partial charge >= 0.3 is 5.97 Å². The van der Waals surface area contributed by atoms with Crippen molar-refractivity contribution >= 4 is 23.4 Å². The summed E-state index contributed by atoms with van der Waals surface area (Å²) in [5.74, 6) is -7.31. The molecule has 0 unspecified atom stereocenters. The van der Waals surface area contributed by atoms with Crippen molar-refractivity contribution in [2.45, 2.75) is 31.4 Å². The number of likely N-dealkylation sites (N-methyl/N-ethyl adjacent to an activating group) is 1. The molecule has 0 saturated heterocycles. The lowest BCUT2D eigenvalue weighted by Crippen LogP contribution is -2.50. The molecule has 0 bridgehead atoms. The van der Waals surface area contributed by atoms with Crippen molar-refractivity contribution in [2.24, 2.45) is 11.7 Å². The Morgan fingerprint density at radius 3 is 2.31 bits per heavy atom. The highest BCUT2D eigenvalue weighted by Crippen LogP contribution is 2.44. The number of Topliss-reactive ketones (excluding diaryl/α,β-unsaturated/α-hetero) is 2. The maximum Gasteiger partial charge on any atom is 0.339 e. The Labute approximate surface area is 183 Å². The lowest BCUT2D eigenvalue weighted by Gasteiger charge is -2.40. The van der Waals surface area contributed by atoms with Crippen molar-refractivity contribution in [1.82, 2.24) is 4.90 Å². The van der Waals surface area contributed by atoms with Crippen molar-refractivity contribution in [3.63, 3.8) is 0 Å². The standard InChI is InChI=1S/C22H24N2O8/c1-8-9-5-4-6-11(25)14(9)19(28)16(22(31)32)13(8)18(27)10-7-12(26)15(21(23)30)20(29)17(10)24(2)3/h4-6,8,10,17-18,25,27,29H,7H2,1-3H3,(H2,23,30)(H,31,32)/t8-,10+,17-,18+/m0/s1. The number of carbonyl (C=O) groups excluding carboxylic acids is 3. The van der Waals surface area contributed by atoms with Gasteiger partial charge in [-0.05, 0) is 31.3 Å². The van der Waals surface area contributed by atoms with Gasteiger partial charge in [-0.2, -0.15) is 0 Å². The Balaban J connectivity index is 2.20. The lowest BCUT2D eigenvalue weighted by atomic mass is 9.69. The molecule has 170 valence electrons. The molecule has 1 aromatic rings. The Morgan fingerprint density at radius 1 is 1.16 bits per heavy atom. The van der Waals surface area contributed by atoms with Crippen LogP contribution in [-0.4, -0.2) is 75.0 Å². The van der Waals surface area contributed by atoms with E-state index in [0.717, 1.165) is 0 Å². The number of carboxylic acid groups (broad SMARTS) is 1. The molecule has 10 heteroatoms. The molecule has 4 atom stereocenters. The molecule has 10 nitrogen and oxygen atoms in total. The summed E-state index contributed by atoms with van der Waals surface area (Å²) in [5.41, 5.74) is 4.00. The number of benzene rings is 1. The predicted octanol–water partition coefficient (Wildman–Crippen LogP) is 0.251. The number of hydrogen-bond acceptors (Lipinski definition) is 8. The number of rotatable bonds is 5. The summed E-state index contributed by atoms with van der Waals surface area (Å²) in [7, 11) is 3.09. The van der Waals surface area contributed by atoms with Gasteiger partial charge in [0.2, 0.25) is 5.78 Å². The maximum absolute atomic E-state index is 13.0. The van der Waals surface area contributed by atoms with Crippen LogP contribution < -0.4 is 5.73 Å². The number of aliphatic carboxylic acids is 1. The van der Waals surface area contributed by atoms with Crippen LogP contribution in [0.3, 0.4) is 0 Å². The third-order valence-electron chi connectivity index (χ3n) is 6.13. The van der Waals surface area contributed by atoms with Gasteiger partial charge in [0, 0.05) is 18.3 Å². The molecule has 1 aromatic carbocycles. The Bertz CT molecular complexity index is 1100. The van der Waals surface area contributed by atoms with Gasteiger partial charge in [0.15, 0.2) is 5.78 Å². The van der Waals surface area contributed by atoms with Crippen LogP contribution in [0, 0.1) is 5.92 Å². The molecule has 2 aliphatic rings. The summed E-state index contributed by atoms with van der Waals surface area (Å²) in [5, 5.41) is 41.9. The van der Waals surface area contributed by atoms with Crippen LogP contribution in [0.2, 0.25) is 0 Å². The van der Waals surface area contributed by atoms with E-state index in [-0.39, 0.29) is 16.9 Å². The molecule has 0 saturated carbocycles. The lowest BCUT2D eigenvalue weighted by molar-refractivity contribution is -0.132. The molecule has 0 radical (unpaired) electrons. The summed E-state index contributed by atoms with van der Waals surface area (Å²) < 4.78 is 0. The van der Waals surface area contributed by atoms with Crippen LogP contribution in [0.1, 0.15) is 35.2 Å². The molecule has 0 aliphatic heterocycles. The van der Waals surface area contributed by atoms with Gasteiger partial charge in [0.25, 0.3) is 5.91 Å². The molecule has 0 fully saturated rings. The van der Waals surface area contributed by atoms with Crippen LogP contribution in [0.15, 0.2) is 40.7 Å². The number of fused-ring (bicyclic) bond motifs is 1. The van der Waals surface area contributed by atoms with E-state index in [0.29, 0.717) is 5.56 Å². The van der Waals surface area contributed by atoms with E-state index >= 15 is 0 Å². The van der Waals surface area contributed by atoms with Crippen LogP contribution in [0.4, 0.5) is 0 Å². The summed E-state index contributed by atoms with van der Waals surface area (Å²) in [4.78, 5) is 50.7. The van der Waals surface area contributed by atoms with E-state index < -0.39 is 70.8 Å². The SMILES string of the molecule is C[C@@H]1C([C@H](O)[C@@H]2CC(=O)C(C(N)=O)=C(O)[C@H]2N(C)C)=C(C(=O)O)C(=O)c2c(O)cccc21. The summed E-state index contributed by atoms with van der Waals surface area (Å²) in [6, 6.07) is 3.26. The zero-order valence-corrected chi connectivity index (χ0v) is 17.7. The maximum atomic E-state index is 13.0. The number of nitrogens with zero attached hydrogens (tertiary/aromatic N) is 1. The van der Waals surface area contributed by atoms with E-state index in [1.54, 1.807) is 27.1 Å². The summed E-state index contributed by atoms with van der Waals surface area (Å²) in [6.45, 7) is 1.58. The topological polar surface area (TPSA) is 178 Å². The van der Waals surface area contributed by atoms with Crippen molar-refractivity contribution in [3.05, 3.63) is 51.8 Å². The van der Waals surface area contributed by atoms with Gasteiger partial charge < -0.3 is 26.2 Å². The second-order valence-electron chi connectivity index (χ2n) is 8.20. The van der Waals surface area contributed by atoms with Gasteiger partial charge in [0.05, 0.1) is 17.7 Å². The zero-order chi connectivity index (χ0) is 24.1. The van der Waals surface area contributed by atoms with Gasteiger partial charge in [0.1, 0.15) is 22.7 Å². The van der Waals surface area contributed by atoms with E-state index in [2.05, 4.69) is 0 Å². The van der Waals surface area contributed by atoms with Crippen LogP contribution in [0.5, 0.6) is 5.75 Å². The number of aliphatic hydroxyl groups excluding tert-OH is 2. The Hall–Kier alpha value is -3.50. The van der Waals surface area contributed by atoms with Crippen LogP contribution in [0.25, 0.3) is 0 Å². The van der Waals surface area contributed by atoms with Gasteiger partial charge in [-0.15, -0.1) is 0 Å². The second-order valence-corrected chi connectivity index (χ2v) is 8.20. The van der Waals surface area contributed by atoms with E-state index in [1.165, 1.54) is 17.0 Å². The molecule has 6 N–H and O–H groups in total. The van der Waals surface area contributed by atoms with E-state index in [1.807, 2.05) is 0 Å². The number of amides is 1. The number of carbonyl (C=O) groups is 4. The third-order valence-corrected chi connectivity index (χ3v) is 6.13. The molecule has 0 aromatic heterocycles. The average molecular weight is 444 g/mol. The van der Waals surface area contributed by atoms with E-state index in [4.69, 9.17) is 5.73 Å². The minimum Gasteiger partial charge on any atom is -0.510 e. The fraction of sp³-hybridized carbons (Fsp3) is 0.364. The number of phenols is 1. The quantitative estimate of drug-likeness (QED) is 0.398. The molecule has 0 spiro atoms. The third kappa shape index (κ3) is 3.47. The fourth-order valence-corrected chi connectivity index (χ4v) is 4.76. The first-order chi connectivity index (χ1) is 14.9.